The van der Waals surface area contributed by atoms with Crippen LogP contribution in [0.2, 0.25) is 0 Å². The third-order valence-electron chi connectivity index (χ3n) is 6.43. The predicted molar refractivity (Wildman–Crippen MR) is 114 cm³/mol. The van der Waals surface area contributed by atoms with E-state index in [1.807, 2.05) is 12.1 Å². The molecule has 2 aliphatic rings. The van der Waals surface area contributed by atoms with Crippen molar-refractivity contribution in [2.24, 2.45) is 0 Å². The zero-order valence-corrected chi connectivity index (χ0v) is 17.5. The normalized spacial score (nSPS) is 24.1. The van der Waals surface area contributed by atoms with Crippen LogP contribution in [0, 0.1) is 0 Å². The first-order valence-corrected chi connectivity index (χ1v) is 10.4. The number of likely N-dealkylation sites (N-methyl/N-ethyl adjacent to an activating group) is 1. The molecule has 7 heteroatoms. The fourth-order valence-corrected chi connectivity index (χ4v) is 4.06. The molecular weight excluding hydrogens is 364 g/mol. The quantitative estimate of drug-likeness (QED) is 0.733. The van der Waals surface area contributed by atoms with Gasteiger partial charge in [0.2, 0.25) is 0 Å². The van der Waals surface area contributed by atoms with Crippen molar-refractivity contribution < 1.29 is 4.74 Å². The van der Waals surface area contributed by atoms with Crippen LogP contribution in [0.4, 0.5) is 5.82 Å². The van der Waals surface area contributed by atoms with E-state index in [9.17, 15) is 0 Å². The fraction of sp³-hybridized carbons (Fsp3) is 0.500. The average molecular weight is 393 g/mol. The van der Waals surface area contributed by atoms with Crippen LogP contribution in [0.5, 0.6) is 5.75 Å². The summed E-state index contributed by atoms with van der Waals surface area (Å²) in [5.41, 5.74) is 2.64. The van der Waals surface area contributed by atoms with Gasteiger partial charge >= 0.3 is 0 Å². The highest BCUT2D eigenvalue weighted by Gasteiger charge is 2.40. The molecule has 1 unspecified atom stereocenters. The van der Waals surface area contributed by atoms with Gasteiger partial charge in [-0.2, -0.15) is 5.10 Å². The van der Waals surface area contributed by atoms with Crippen LogP contribution in [-0.4, -0.2) is 62.9 Å². The lowest BCUT2D eigenvalue weighted by Crippen LogP contribution is -2.55. The molecule has 0 amide bonds. The van der Waals surface area contributed by atoms with E-state index in [4.69, 9.17) is 4.74 Å². The molecule has 3 heterocycles. The number of fused-ring (bicyclic) bond motifs is 1. The van der Waals surface area contributed by atoms with Crippen LogP contribution in [0.3, 0.4) is 0 Å². The Hall–Kier alpha value is -2.67. The van der Waals surface area contributed by atoms with Gasteiger partial charge in [0, 0.05) is 36.6 Å². The van der Waals surface area contributed by atoms with Gasteiger partial charge in [-0.05, 0) is 58.9 Å². The fourth-order valence-electron chi connectivity index (χ4n) is 4.06. The zero-order chi connectivity index (χ0) is 20.2. The largest absolute Gasteiger partial charge is 0.488 e. The van der Waals surface area contributed by atoms with Crippen LogP contribution >= 0.6 is 0 Å². The molecule has 1 aliphatic heterocycles. The number of hydrogen-bond acceptors (Lipinski definition) is 6. The van der Waals surface area contributed by atoms with Gasteiger partial charge in [0.1, 0.15) is 29.2 Å². The summed E-state index contributed by atoms with van der Waals surface area (Å²) in [6.07, 6.45) is 3.87. The van der Waals surface area contributed by atoms with Crippen molar-refractivity contribution >= 4 is 16.7 Å². The molecule has 3 aromatic rings. The van der Waals surface area contributed by atoms with Gasteiger partial charge in [0.25, 0.3) is 0 Å². The van der Waals surface area contributed by atoms with E-state index in [1.165, 1.54) is 0 Å². The number of piperazine rings is 1. The average Bonchev–Trinajstić information content (AvgIpc) is 3.28. The molecule has 1 saturated carbocycles. The van der Waals surface area contributed by atoms with Crippen molar-refractivity contribution in [2.45, 2.75) is 51.3 Å². The Bertz CT molecular complexity index is 1030. The number of ether oxygens (including phenoxy) is 1. The lowest BCUT2D eigenvalue weighted by atomic mass is 10.1. The number of aromatic nitrogens is 4. The second-order valence-electron chi connectivity index (χ2n) is 8.86. The Morgan fingerprint density at radius 2 is 1.86 bits per heavy atom. The number of nitrogens with one attached hydrogen (secondary N) is 1. The van der Waals surface area contributed by atoms with E-state index in [2.05, 4.69) is 69.9 Å². The van der Waals surface area contributed by atoms with E-state index in [0.29, 0.717) is 12.1 Å². The Kier molecular flexibility index (Phi) is 4.24. The molecule has 7 nitrogen and oxygen atoms in total. The van der Waals surface area contributed by atoms with E-state index in [-0.39, 0.29) is 5.60 Å². The summed E-state index contributed by atoms with van der Waals surface area (Å²) in [4.78, 5) is 13.8. The Morgan fingerprint density at radius 3 is 2.59 bits per heavy atom. The molecule has 1 saturated heterocycles. The maximum absolute atomic E-state index is 6.15. The first-order chi connectivity index (χ1) is 13.9. The number of hydrogen-bond donors (Lipinski definition) is 1. The van der Waals surface area contributed by atoms with E-state index >= 15 is 0 Å². The summed E-state index contributed by atoms with van der Waals surface area (Å²) >= 11 is 0. The van der Waals surface area contributed by atoms with Crippen molar-refractivity contribution in [3.63, 3.8) is 0 Å². The molecule has 1 aliphatic carbocycles. The Balaban J connectivity index is 1.47. The van der Waals surface area contributed by atoms with Gasteiger partial charge in [-0.25, -0.2) is 9.97 Å². The number of anilines is 1. The zero-order valence-electron chi connectivity index (χ0n) is 17.5. The van der Waals surface area contributed by atoms with E-state index in [0.717, 1.165) is 59.8 Å². The molecule has 5 rings (SSSR count). The van der Waals surface area contributed by atoms with E-state index in [1.54, 1.807) is 6.33 Å². The van der Waals surface area contributed by atoms with Crippen LogP contribution in [0.1, 0.15) is 33.6 Å². The molecule has 152 valence electrons. The first kappa shape index (κ1) is 18.4. The highest BCUT2D eigenvalue weighted by Crippen LogP contribution is 2.40. The lowest BCUT2D eigenvalue weighted by molar-refractivity contribution is 0.169. The second kappa shape index (κ2) is 6.69. The monoisotopic (exact) mass is 392 g/mol. The molecule has 2 atom stereocenters. The van der Waals surface area contributed by atoms with Gasteiger partial charge in [0.05, 0.1) is 11.2 Å². The van der Waals surface area contributed by atoms with Crippen molar-refractivity contribution in [3.05, 3.63) is 30.6 Å². The van der Waals surface area contributed by atoms with Gasteiger partial charge in [-0.1, -0.05) is 0 Å². The summed E-state index contributed by atoms with van der Waals surface area (Å²) in [7, 11) is 2.19. The smallest absolute Gasteiger partial charge is 0.132 e. The van der Waals surface area contributed by atoms with Crippen molar-refractivity contribution in [1.29, 1.82) is 0 Å². The SMILES string of the molecule is CC1CN(c2cc(-c3n[nH]c4ccc(OC5(C)CC5)cc34)ncn2)C[C@@H](C)N1C. The van der Waals surface area contributed by atoms with Crippen LogP contribution in [0.25, 0.3) is 22.3 Å². The molecular formula is C22H28N6O. The molecule has 0 bridgehead atoms. The minimum Gasteiger partial charge on any atom is -0.488 e. The van der Waals surface area contributed by atoms with Gasteiger partial charge in [-0.3, -0.25) is 10.00 Å². The second-order valence-corrected chi connectivity index (χ2v) is 8.86. The third-order valence-corrected chi connectivity index (χ3v) is 6.43. The van der Waals surface area contributed by atoms with Crippen molar-refractivity contribution in [1.82, 2.24) is 25.1 Å². The molecule has 2 aromatic heterocycles. The van der Waals surface area contributed by atoms with Crippen LogP contribution in [0.15, 0.2) is 30.6 Å². The van der Waals surface area contributed by atoms with E-state index < -0.39 is 0 Å². The molecule has 0 radical (unpaired) electrons. The number of aromatic amines is 1. The van der Waals surface area contributed by atoms with Crippen LogP contribution < -0.4 is 9.64 Å². The number of rotatable bonds is 4. The summed E-state index contributed by atoms with van der Waals surface area (Å²) in [6, 6.07) is 9.11. The number of H-pyrrole nitrogens is 1. The summed E-state index contributed by atoms with van der Waals surface area (Å²) < 4.78 is 6.15. The minimum absolute atomic E-state index is 0.00548. The summed E-state index contributed by atoms with van der Waals surface area (Å²) in [6.45, 7) is 8.58. The van der Waals surface area contributed by atoms with Crippen LogP contribution in [-0.2, 0) is 0 Å². The Labute approximate surface area is 171 Å². The predicted octanol–water partition coefficient (Wildman–Crippen LogP) is 3.48. The maximum atomic E-state index is 6.15. The molecule has 1 aromatic carbocycles. The topological polar surface area (TPSA) is 70.2 Å². The highest BCUT2D eigenvalue weighted by molar-refractivity contribution is 5.93. The molecule has 1 N–H and O–H groups in total. The highest BCUT2D eigenvalue weighted by atomic mass is 16.5. The first-order valence-electron chi connectivity index (χ1n) is 10.4. The number of benzene rings is 1. The summed E-state index contributed by atoms with van der Waals surface area (Å²) in [5.74, 6) is 1.84. The lowest BCUT2D eigenvalue weighted by Gasteiger charge is -2.42. The minimum atomic E-state index is -0.00548. The number of nitrogens with zero attached hydrogens (tertiary/aromatic N) is 5. The molecule has 2 fully saturated rings. The summed E-state index contributed by atoms with van der Waals surface area (Å²) in [5, 5.41) is 8.70. The molecule has 0 spiro atoms. The van der Waals surface area contributed by atoms with Crippen molar-refractivity contribution in [2.75, 3.05) is 25.0 Å². The van der Waals surface area contributed by atoms with Gasteiger partial charge in [-0.15, -0.1) is 0 Å². The van der Waals surface area contributed by atoms with Crippen molar-refractivity contribution in [3.8, 4) is 17.1 Å². The van der Waals surface area contributed by atoms with Gasteiger partial charge in [0.15, 0.2) is 0 Å². The molecule has 29 heavy (non-hydrogen) atoms. The van der Waals surface area contributed by atoms with Gasteiger partial charge < -0.3 is 9.64 Å². The maximum Gasteiger partial charge on any atom is 0.132 e. The standard InChI is InChI=1S/C22H28N6O/c1-14-11-28(12-15(2)27(14)4)20-10-19(23-13-24-20)21-17-9-16(29-22(3)7-8-22)5-6-18(17)25-26-21/h5-6,9-10,13-15H,7-8,11-12H2,1-4H3,(H,25,26)/t14-,15?/m1/s1. The third kappa shape index (κ3) is 3.44. The Morgan fingerprint density at radius 1 is 1.10 bits per heavy atom.